The first-order valence-corrected chi connectivity index (χ1v) is 2.68. The van der Waals surface area contributed by atoms with Gasteiger partial charge in [0.25, 0.3) is 0 Å². The fourth-order valence-corrected chi connectivity index (χ4v) is 0.421. The summed E-state index contributed by atoms with van der Waals surface area (Å²) in [5.74, 6) is 3.07. The van der Waals surface area contributed by atoms with Gasteiger partial charge in [-0.3, -0.25) is 0 Å². The van der Waals surface area contributed by atoms with E-state index in [0.29, 0.717) is 5.76 Å². The second-order valence-corrected chi connectivity index (χ2v) is 1.42. The monoisotopic (exact) mass is 122 g/mol. The van der Waals surface area contributed by atoms with Crippen molar-refractivity contribution in [2.75, 3.05) is 7.11 Å². The number of hydrogen-bond acceptors (Lipinski definition) is 1. The molecule has 0 heterocycles. The summed E-state index contributed by atoms with van der Waals surface area (Å²) in [5, 5.41) is 0. The Labute approximate surface area is 56.0 Å². The lowest BCUT2D eigenvalue weighted by Crippen LogP contribution is -1.78. The Balaban J connectivity index is 4.02. The predicted molar refractivity (Wildman–Crippen MR) is 38.7 cm³/mol. The van der Waals surface area contributed by atoms with E-state index in [1.165, 1.54) is 0 Å². The molecular formula is C8H10O. The van der Waals surface area contributed by atoms with Crippen molar-refractivity contribution >= 4 is 0 Å². The molecule has 0 amide bonds. The second kappa shape index (κ2) is 4.99. The number of allylic oxidation sites excluding steroid dienone is 3. The van der Waals surface area contributed by atoms with Gasteiger partial charge >= 0.3 is 0 Å². The van der Waals surface area contributed by atoms with Crippen LogP contribution >= 0.6 is 0 Å². The number of rotatable bonds is 2. The highest BCUT2D eigenvalue weighted by molar-refractivity contribution is 5.21. The summed E-state index contributed by atoms with van der Waals surface area (Å²) in [5.41, 5.74) is 0. The van der Waals surface area contributed by atoms with E-state index in [2.05, 4.69) is 5.92 Å². The van der Waals surface area contributed by atoms with Crippen LogP contribution in [0.3, 0.4) is 0 Å². The summed E-state index contributed by atoms with van der Waals surface area (Å²) in [6.07, 6.45) is 10.2. The van der Waals surface area contributed by atoms with E-state index in [4.69, 9.17) is 11.2 Å². The van der Waals surface area contributed by atoms with Gasteiger partial charge in [-0.2, -0.15) is 0 Å². The molecule has 0 radical (unpaired) electrons. The van der Waals surface area contributed by atoms with Crippen LogP contribution < -0.4 is 0 Å². The number of terminal acetylenes is 1. The van der Waals surface area contributed by atoms with E-state index >= 15 is 0 Å². The van der Waals surface area contributed by atoms with Crippen molar-refractivity contribution in [2.24, 2.45) is 0 Å². The zero-order valence-electron chi connectivity index (χ0n) is 5.72. The van der Waals surface area contributed by atoms with Crippen LogP contribution in [-0.2, 0) is 4.74 Å². The maximum atomic E-state index is 4.99. The number of hydrogen-bond donors (Lipinski definition) is 0. The highest BCUT2D eigenvalue weighted by Gasteiger charge is 1.81. The van der Waals surface area contributed by atoms with Crippen LogP contribution in [0, 0.1) is 12.3 Å². The molecule has 0 aliphatic rings. The summed E-state index contributed by atoms with van der Waals surface area (Å²) in [7, 11) is 1.59. The van der Waals surface area contributed by atoms with Crippen LogP contribution in [0.25, 0.3) is 0 Å². The van der Waals surface area contributed by atoms with Crippen LogP contribution in [-0.4, -0.2) is 7.11 Å². The van der Waals surface area contributed by atoms with Crippen LogP contribution in [0.15, 0.2) is 24.0 Å². The highest BCUT2D eigenvalue weighted by atomic mass is 16.5. The van der Waals surface area contributed by atoms with Gasteiger partial charge in [-0.25, -0.2) is 0 Å². The number of methoxy groups -OCH3 is 1. The van der Waals surface area contributed by atoms with Gasteiger partial charge in [-0.15, -0.1) is 6.42 Å². The van der Waals surface area contributed by atoms with Gasteiger partial charge in [0.15, 0.2) is 0 Å². The highest BCUT2D eigenvalue weighted by Crippen LogP contribution is 1.94. The van der Waals surface area contributed by atoms with Gasteiger partial charge in [-0.1, -0.05) is 12.0 Å². The molecule has 1 heteroatoms. The molecule has 0 unspecified atom stereocenters. The van der Waals surface area contributed by atoms with Gasteiger partial charge in [0.2, 0.25) is 0 Å². The average molecular weight is 122 g/mol. The summed E-state index contributed by atoms with van der Waals surface area (Å²) >= 11 is 0. The van der Waals surface area contributed by atoms with Crippen LogP contribution in [0.4, 0.5) is 0 Å². The van der Waals surface area contributed by atoms with E-state index < -0.39 is 0 Å². The quantitative estimate of drug-likeness (QED) is 0.308. The van der Waals surface area contributed by atoms with E-state index in [1.807, 2.05) is 13.0 Å². The largest absolute Gasteiger partial charge is 0.496 e. The molecule has 48 valence electrons. The smallest absolute Gasteiger partial charge is 0.126 e. The Kier molecular flexibility index (Phi) is 4.34. The van der Waals surface area contributed by atoms with Gasteiger partial charge in [0, 0.05) is 6.08 Å². The first kappa shape index (κ1) is 7.84. The molecule has 1 nitrogen and oxygen atoms in total. The van der Waals surface area contributed by atoms with Gasteiger partial charge < -0.3 is 4.74 Å². The molecule has 0 aliphatic heterocycles. The van der Waals surface area contributed by atoms with E-state index in [1.54, 1.807) is 19.3 Å². The molecule has 0 aliphatic carbocycles. The van der Waals surface area contributed by atoms with E-state index in [-0.39, 0.29) is 0 Å². The lowest BCUT2D eigenvalue weighted by Gasteiger charge is -1.94. The zero-order valence-corrected chi connectivity index (χ0v) is 5.72. The van der Waals surface area contributed by atoms with Crippen molar-refractivity contribution in [2.45, 2.75) is 6.92 Å². The van der Waals surface area contributed by atoms with Crippen molar-refractivity contribution in [1.29, 1.82) is 0 Å². The van der Waals surface area contributed by atoms with Crippen molar-refractivity contribution < 1.29 is 4.74 Å². The second-order valence-electron chi connectivity index (χ2n) is 1.42. The zero-order chi connectivity index (χ0) is 7.11. The molecule has 0 spiro atoms. The maximum absolute atomic E-state index is 4.99. The first-order valence-electron chi connectivity index (χ1n) is 2.68. The molecule has 0 fully saturated rings. The topological polar surface area (TPSA) is 9.23 Å². The molecule has 0 aromatic rings. The molecule has 9 heavy (non-hydrogen) atoms. The lowest BCUT2D eigenvalue weighted by atomic mass is 10.4. The number of ether oxygens (including phenoxy) is 1. The summed E-state index contributed by atoms with van der Waals surface area (Å²) in [6.45, 7) is 1.91. The fraction of sp³-hybridized carbons (Fsp3) is 0.250. The predicted octanol–water partition coefficient (Wildman–Crippen LogP) is 1.73. The third kappa shape index (κ3) is 3.42. The molecular weight excluding hydrogens is 112 g/mol. The summed E-state index contributed by atoms with van der Waals surface area (Å²) in [6, 6.07) is 0. The standard InChI is InChI=1S/C8H10O/c1-4-6-8(9-3)7-5-2/h1,5-7H,2-3H3/b7-5-,8-6+. The van der Waals surface area contributed by atoms with Gasteiger partial charge in [0.1, 0.15) is 5.76 Å². The summed E-state index contributed by atoms with van der Waals surface area (Å²) in [4.78, 5) is 0. The minimum atomic E-state index is 0.708. The lowest BCUT2D eigenvalue weighted by molar-refractivity contribution is 0.307. The van der Waals surface area contributed by atoms with Gasteiger partial charge in [0.05, 0.1) is 7.11 Å². The minimum Gasteiger partial charge on any atom is -0.496 e. The van der Waals surface area contributed by atoms with Crippen molar-refractivity contribution in [3.05, 3.63) is 24.0 Å². The van der Waals surface area contributed by atoms with E-state index in [9.17, 15) is 0 Å². The molecule has 0 rings (SSSR count). The molecule has 0 saturated carbocycles. The maximum Gasteiger partial charge on any atom is 0.126 e. The first-order chi connectivity index (χ1) is 4.35. The summed E-state index contributed by atoms with van der Waals surface area (Å²) < 4.78 is 4.86. The van der Waals surface area contributed by atoms with Crippen LogP contribution in [0.2, 0.25) is 0 Å². The fourth-order valence-electron chi connectivity index (χ4n) is 0.421. The Morgan fingerprint density at radius 2 is 2.33 bits per heavy atom. The Morgan fingerprint density at radius 1 is 1.67 bits per heavy atom. The Bertz CT molecular complexity index is 158. The Hall–Kier alpha value is -1.16. The van der Waals surface area contributed by atoms with Crippen LogP contribution in [0.1, 0.15) is 6.92 Å². The molecule has 0 bridgehead atoms. The molecule has 0 N–H and O–H groups in total. The van der Waals surface area contributed by atoms with Crippen LogP contribution in [0.5, 0.6) is 0 Å². The SMILES string of the molecule is C#C/C=C(\C=C/C)OC. The Morgan fingerprint density at radius 3 is 2.67 bits per heavy atom. The minimum absolute atomic E-state index is 0.708. The third-order valence-corrected chi connectivity index (χ3v) is 0.792. The molecule has 0 saturated heterocycles. The van der Waals surface area contributed by atoms with Crippen molar-refractivity contribution in [1.82, 2.24) is 0 Å². The third-order valence-electron chi connectivity index (χ3n) is 0.792. The van der Waals surface area contributed by atoms with Crippen molar-refractivity contribution in [3.63, 3.8) is 0 Å². The van der Waals surface area contributed by atoms with Gasteiger partial charge in [-0.05, 0) is 13.0 Å². The normalized spacial score (nSPS) is 11.4. The average Bonchev–Trinajstić information content (AvgIpc) is 1.88. The molecule has 0 aromatic carbocycles. The molecule has 0 atom stereocenters. The van der Waals surface area contributed by atoms with E-state index in [0.717, 1.165) is 0 Å². The van der Waals surface area contributed by atoms with Crippen molar-refractivity contribution in [3.8, 4) is 12.3 Å². The molecule has 0 aromatic heterocycles.